The number of rotatable bonds is 2. The highest BCUT2D eigenvalue weighted by atomic mass is 16.6. The number of nitrogens with two attached hydrogens (primary N) is 1. The first-order chi connectivity index (χ1) is 8.00. The number of amides is 1. The Labute approximate surface area is 100 Å². The van der Waals surface area contributed by atoms with Crippen LogP contribution in [0.5, 0.6) is 0 Å². The largest absolute Gasteiger partial charge is 0.394 e. The molecule has 2 rings (SSSR count). The molecule has 0 spiro atoms. The Hall–Kier alpha value is -1.84. The fourth-order valence-electron chi connectivity index (χ4n) is 2.34. The molecule has 0 aromatic heterocycles. The summed E-state index contributed by atoms with van der Waals surface area (Å²) in [6.07, 6.45) is 0. The molecular weight excluding hydrogens is 216 g/mol. The number of hydrogen-bond donors (Lipinski definition) is 1. The number of carbonyl (C=O) groups is 1. The Kier molecular flexibility index (Phi) is 2.88. The van der Waals surface area contributed by atoms with E-state index in [1.165, 1.54) is 5.56 Å². The molecule has 4 heteroatoms. The van der Waals surface area contributed by atoms with Crippen molar-refractivity contribution in [2.45, 2.75) is 20.8 Å². The highest BCUT2D eigenvalue weighted by molar-refractivity contribution is 6.14. The van der Waals surface area contributed by atoms with E-state index in [-0.39, 0.29) is 12.5 Å². The summed E-state index contributed by atoms with van der Waals surface area (Å²) < 4.78 is 0. The van der Waals surface area contributed by atoms with Gasteiger partial charge in [-0.3, -0.25) is 4.79 Å². The molecule has 4 nitrogen and oxygen atoms in total. The van der Waals surface area contributed by atoms with Crippen LogP contribution < -0.4 is 5.73 Å². The van der Waals surface area contributed by atoms with Crippen molar-refractivity contribution in [3.05, 3.63) is 34.4 Å². The lowest BCUT2D eigenvalue weighted by atomic mass is 9.90. The lowest BCUT2D eigenvalue weighted by Crippen LogP contribution is -2.31. The number of carbonyl (C=O) groups excluding carboxylic acids is 1. The van der Waals surface area contributed by atoms with E-state index < -0.39 is 5.92 Å². The molecule has 0 fully saturated rings. The molecule has 1 atom stereocenters. The van der Waals surface area contributed by atoms with Gasteiger partial charge in [-0.25, -0.2) is 0 Å². The van der Waals surface area contributed by atoms with E-state index in [0.29, 0.717) is 5.71 Å². The normalized spacial score (nSPS) is 18.8. The first kappa shape index (κ1) is 11.6. The molecule has 0 aliphatic carbocycles. The molecule has 0 bridgehead atoms. The van der Waals surface area contributed by atoms with E-state index in [1.807, 2.05) is 20.8 Å². The van der Waals surface area contributed by atoms with Crippen molar-refractivity contribution in [1.82, 2.24) is 0 Å². The van der Waals surface area contributed by atoms with Gasteiger partial charge in [0.05, 0.1) is 0 Å². The maximum atomic E-state index is 11.3. The lowest BCUT2D eigenvalue weighted by molar-refractivity contribution is -0.120. The smallest absolute Gasteiger partial charge is 0.230 e. The predicted octanol–water partition coefficient (Wildman–Crippen LogP) is 1.45. The average Bonchev–Trinajstić information content (AvgIpc) is 2.64. The van der Waals surface area contributed by atoms with Crippen molar-refractivity contribution < 1.29 is 9.63 Å². The second-order valence-corrected chi connectivity index (χ2v) is 4.50. The quantitative estimate of drug-likeness (QED) is 0.838. The minimum absolute atomic E-state index is 0.247. The molecule has 1 aliphatic heterocycles. The lowest BCUT2D eigenvalue weighted by Gasteiger charge is -2.13. The van der Waals surface area contributed by atoms with Gasteiger partial charge in [-0.1, -0.05) is 22.9 Å². The number of oxime groups is 1. The fourth-order valence-corrected chi connectivity index (χ4v) is 2.34. The van der Waals surface area contributed by atoms with Crippen LogP contribution in [0.4, 0.5) is 0 Å². The summed E-state index contributed by atoms with van der Waals surface area (Å²) in [4.78, 5) is 16.3. The minimum Gasteiger partial charge on any atom is -0.394 e. The van der Waals surface area contributed by atoms with E-state index in [2.05, 4.69) is 17.3 Å². The topological polar surface area (TPSA) is 64.7 Å². The average molecular weight is 232 g/mol. The van der Waals surface area contributed by atoms with Crippen molar-refractivity contribution in [2.75, 3.05) is 6.61 Å². The molecule has 1 aliphatic rings. The Morgan fingerprint density at radius 3 is 2.47 bits per heavy atom. The summed E-state index contributed by atoms with van der Waals surface area (Å²) in [6, 6.07) is 4.14. The zero-order valence-corrected chi connectivity index (χ0v) is 10.3. The molecule has 90 valence electrons. The maximum absolute atomic E-state index is 11.3. The SMILES string of the molecule is Cc1cc(C)c(C2=NOC[C@@H]2C(N)=O)c(C)c1. The predicted molar refractivity (Wildman–Crippen MR) is 65.8 cm³/mol. The zero-order valence-electron chi connectivity index (χ0n) is 10.3. The third kappa shape index (κ3) is 2.02. The van der Waals surface area contributed by atoms with Gasteiger partial charge in [0.2, 0.25) is 5.91 Å². The van der Waals surface area contributed by atoms with Gasteiger partial charge >= 0.3 is 0 Å². The van der Waals surface area contributed by atoms with Crippen LogP contribution in [0.15, 0.2) is 17.3 Å². The number of hydrogen-bond acceptors (Lipinski definition) is 3. The van der Waals surface area contributed by atoms with E-state index in [0.717, 1.165) is 16.7 Å². The molecular formula is C13H16N2O2. The Bertz CT molecular complexity index is 483. The van der Waals surface area contributed by atoms with Crippen LogP contribution >= 0.6 is 0 Å². The van der Waals surface area contributed by atoms with Crippen LogP contribution in [0.25, 0.3) is 0 Å². The third-order valence-corrected chi connectivity index (χ3v) is 3.01. The van der Waals surface area contributed by atoms with Gasteiger partial charge in [0.15, 0.2) is 0 Å². The van der Waals surface area contributed by atoms with E-state index in [4.69, 9.17) is 10.6 Å². The van der Waals surface area contributed by atoms with Crippen molar-refractivity contribution in [1.29, 1.82) is 0 Å². The van der Waals surface area contributed by atoms with Crippen molar-refractivity contribution in [3.63, 3.8) is 0 Å². The summed E-state index contributed by atoms with van der Waals surface area (Å²) in [5.41, 5.74) is 10.4. The van der Waals surface area contributed by atoms with Crippen LogP contribution in [-0.4, -0.2) is 18.2 Å². The molecule has 1 amide bonds. The van der Waals surface area contributed by atoms with Crippen molar-refractivity contribution in [3.8, 4) is 0 Å². The molecule has 1 aromatic carbocycles. The molecule has 1 aromatic rings. The number of aryl methyl sites for hydroxylation is 3. The first-order valence-electron chi connectivity index (χ1n) is 5.58. The molecule has 0 unspecified atom stereocenters. The molecule has 2 N–H and O–H groups in total. The molecule has 0 radical (unpaired) electrons. The summed E-state index contributed by atoms with van der Waals surface area (Å²) in [5.74, 6) is -0.823. The molecule has 0 saturated carbocycles. The summed E-state index contributed by atoms with van der Waals surface area (Å²) in [5, 5.41) is 3.98. The highest BCUT2D eigenvalue weighted by Gasteiger charge is 2.31. The molecule has 0 saturated heterocycles. The Morgan fingerprint density at radius 2 is 1.94 bits per heavy atom. The van der Waals surface area contributed by atoms with Crippen LogP contribution in [0.2, 0.25) is 0 Å². The Morgan fingerprint density at radius 1 is 1.35 bits per heavy atom. The van der Waals surface area contributed by atoms with Crippen LogP contribution in [-0.2, 0) is 9.63 Å². The van der Waals surface area contributed by atoms with Gasteiger partial charge in [-0.05, 0) is 31.9 Å². The van der Waals surface area contributed by atoms with Gasteiger partial charge in [-0.15, -0.1) is 0 Å². The van der Waals surface area contributed by atoms with E-state index in [1.54, 1.807) is 0 Å². The fraction of sp³-hybridized carbons (Fsp3) is 0.385. The molecule has 17 heavy (non-hydrogen) atoms. The summed E-state index contributed by atoms with van der Waals surface area (Å²) in [6.45, 7) is 6.31. The van der Waals surface area contributed by atoms with Crippen LogP contribution in [0.1, 0.15) is 22.3 Å². The number of benzene rings is 1. The summed E-state index contributed by atoms with van der Waals surface area (Å²) >= 11 is 0. The van der Waals surface area contributed by atoms with Crippen molar-refractivity contribution in [2.24, 2.45) is 16.8 Å². The van der Waals surface area contributed by atoms with Gasteiger partial charge in [0.25, 0.3) is 0 Å². The van der Waals surface area contributed by atoms with E-state index >= 15 is 0 Å². The van der Waals surface area contributed by atoms with Gasteiger partial charge < -0.3 is 10.6 Å². The Balaban J connectivity index is 2.51. The van der Waals surface area contributed by atoms with Gasteiger partial charge in [0.1, 0.15) is 18.2 Å². The molecule has 1 heterocycles. The van der Waals surface area contributed by atoms with Gasteiger partial charge in [0, 0.05) is 5.56 Å². The highest BCUT2D eigenvalue weighted by Crippen LogP contribution is 2.24. The standard InChI is InChI=1S/C13H16N2O2/c1-7-4-8(2)11(9(3)5-7)12-10(13(14)16)6-17-15-12/h4-5,10H,6H2,1-3H3,(H2,14,16)/t10-/m0/s1. The second kappa shape index (κ2) is 4.20. The minimum atomic E-state index is -0.435. The third-order valence-electron chi connectivity index (χ3n) is 3.01. The van der Waals surface area contributed by atoms with Crippen molar-refractivity contribution >= 4 is 11.6 Å². The second-order valence-electron chi connectivity index (χ2n) is 4.50. The first-order valence-corrected chi connectivity index (χ1v) is 5.58. The monoisotopic (exact) mass is 232 g/mol. The summed E-state index contributed by atoms with van der Waals surface area (Å²) in [7, 11) is 0. The van der Waals surface area contributed by atoms with Crippen LogP contribution in [0, 0.1) is 26.7 Å². The zero-order chi connectivity index (χ0) is 12.6. The van der Waals surface area contributed by atoms with E-state index in [9.17, 15) is 4.79 Å². The number of nitrogens with zero attached hydrogens (tertiary/aromatic N) is 1. The van der Waals surface area contributed by atoms with Gasteiger partial charge in [-0.2, -0.15) is 0 Å². The number of primary amides is 1. The van der Waals surface area contributed by atoms with Crippen LogP contribution in [0.3, 0.4) is 0 Å². The maximum Gasteiger partial charge on any atom is 0.230 e.